The van der Waals surface area contributed by atoms with Gasteiger partial charge in [-0.25, -0.2) is 24.0 Å². The highest BCUT2D eigenvalue weighted by molar-refractivity contribution is 9.10. The fourth-order valence-corrected chi connectivity index (χ4v) is 21.3. The van der Waals surface area contributed by atoms with Crippen LogP contribution in [0.25, 0.3) is 54.5 Å². The number of halogens is 11. The van der Waals surface area contributed by atoms with Gasteiger partial charge < -0.3 is 53.3 Å². The van der Waals surface area contributed by atoms with E-state index < -0.39 is 23.9 Å². The Kier molecular flexibility index (Phi) is 32.0. The van der Waals surface area contributed by atoms with E-state index in [0.29, 0.717) is 113 Å². The maximum absolute atomic E-state index is 13.3. The molecule has 5 aromatic heterocycles. The first-order valence-electron chi connectivity index (χ1n) is 47.2. The predicted molar refractivity (Wildman–Crippen MR) is 563 cm³/mol. The van der Waals surface area contributed by atoms with Gasteiger partial charge >= 0.3 is 36.6 Å². The van der Waals surface area contributed by atoms with Crippen molar-refractivity contribution in [3.05, 3.63) is 372 Å². The van der Waals surface area contributed by atoms with Gasteiger partial charge in [0.15, 0.2) is 0 Å². The normalized spacial score (nSPS) is 16.3. The van der Waals surface area contributed by atoms with E-state index in [2.05, 4.69) is 91.1 Å². The second-order valence-electron chi connectivity index (χ2n) is 35.6. The summed E-state index contributed by atoms with van der Waals surface area (Å²) < 4.78 is 72.5. The summed E-state index contributed by atoms with van der Waals surface area (Å²) in [6, 6.07) is 71.5. The third-order valence-corrected chi connectivity index (χ3v) is 28.4. The van der Waals surface area contributed by atoms with Crippen molar-refractivity contribution in [2.24, 2.45) is 0 Å². The number of carbonyl (C=O) groups excluding carboxylic acids is 5. The lowest BCUT2D eigenvalue weighted by Gasteiger charge is -2.35. The van der Waals surface area contributed by atoms with Gasteiger partial charge in [-0.15, -0.1) is 11.6 Å². The maximum Gasteiger partial charge on any atom is 0.416 e. The average Bonchev–Trinajstić information content (AvgIpc) is 1.63. The van der Waals surface area contributed by atoms with E-state index in [4.69, 9.17) is 110 Å². The summed E-state index contributed by atoms with van der Waals surface area (Å²) in [4.78, 5) is 90.1. The molecule has 5 unspecified atom stereocenters. The van der Waals surface area contributed by atoms with Crippen molar-refractivity contribution >= 4 is 182 Å². The number of aromatic amines is 5. The molecule has 21 rings (SSSR count). The van der Waals surface area contributed by atoms with Gasteiger partial charge in [0, 0.05) is 150 Å². The lowest BCUT2D eigenvalue weighted by atomic mass is 9.91. The molecule has 16 aromatic rings. The molecule has 0 aliphatic carbocycles. The third kappa shape index (κ3) is 22.3. The molecule has 11 aromatic carbocycles. The average molecular weight is 2140 g/mol. The number of aromatic nitrogens is 5. The minimum absolute atomic E-state index is 0.199. The van der Waals surface area contributed by atoms with Crippen LogP contribution in [0.4, 0.5) is 37.1 Å². The molecule has 32 heteroatoms. The zero-order valence-corrected chi connectivity index (χ0v) is 86.1. The van der Waals surface area contributed by atoms with E-state index in [0.717, 1.165) is 153 Å². The maximum atomic E-state index is 13.3. The molecule has 143 heavy (non-hydrogen) atoms. The molecule has 5 N–H and O–H groups in total. The van der Waals surface area contributed by atoms with E-state index in [1.165, 1.54) is 45.3 Å². The summed E-state index contributed by atoms with van der Waals surface area (Å²) >= 11 is 46.6. The van der Waals surface area contributed by atoms with Gasteiger partial charge in [-0.3, -0.25) is 24.5 Å². The molecule has 0 bridgehead atoms. The molecule has 0 saturated heterocycles. The molecule has 5 atom stereocenters. The number of methoxy groups -OCH3 is 1. The molecular formula is C111H103BrCl7F3N10O11. The first-order valence-corrected chi connectivity index (χ1v) is 50.8. The monoisotopic (exact) mass is 2130 g/mol. The highest BCUT2D eigenvalue weighted by Crippen LogP contribution is 2.48. The van der Waals surface area contributed by atoms with E-state index >= 15 is 0 Å². The molecule has 740 valence electrons. The van der Waals surface area contributed by atoms with E-state index in [1.807, 2.05) is 198 Å². The summed E-state index contributed by atoms with van der Waals surface area (Å²) in [6.07, 6.45) is -2.00. The predicted octanol–water partition coefficient (Wildman–Crippen LogP) is 30.2. The molecule has 0 saturated carbocycles. The summed E-state index contributed by atoms with van der Waals surface area (Å²) in [5.41, 5.74) is 21.8. The molecule has 5 aliphatic heterocycles. The number of nitrogens with one attached hydrogen (secondary N) is 5. The van der Waals surface area contributed by atoms with Crippen LogP contribution >= 0.6 is 97.1 Å². The largest absolute Gasteiger partial charge is 0.497 e. The number of aryl methyl sites for hydroxylation is 1. The van der Waals surface area contributed by atoms with Crippen molar-refractivity contribution in [2.45, 2.75) is 122 Å². The molecule has 10 heterocycles. The highest BCUT2D eigenvalue weighted by Gasteiger charge is 2.43. The van der Waals surface area contributed by atoms with Crippen LogP contribution in [-0.2, 0) is 57.2 Å². The molecule has 5 amide bonds. The first kappa shape index (κ1) is 102. The summed E-state index contributed by atoms with van der Waals surface area (Å²) in [7, 11) is 1.64. The Morgan fingerprint density at radius 1 is 0.378 bits per heavy atom. The Hall–Kier alpha value is -12.4. The standard InChI is InChI=1S/C26H23ClN2O3.C23H24Cl2N2O2.C22H20ClF3N2O2.C20H18BrClN2O2.C20H18Cl2N2O2/c1-16-3-8-20(9-4-16)32-26(30)29-14-13-21-22-15-18(27)7-12-23(22)28-24(21)25(29)17-5-10-19(31-2)11-6-17;1-14(2)15-3-5-16(6-4-15)22-21-18(9-11-27(22)23(28)29-12-10-24)19-13-17(25)7-8-20(19)26-21;1-2-11-30-21(29)28-10-9-16-17-12-15(23)7-8-18(17)27-19(16)20(28)13-3-5-14(6-4-13)22(24,25)26;1-2-26-20(25)24-9-8-15-16-11-13(21)6-7-17(16)23-18(15)19(24)12-4-3-5-14(22)10-12;1-2-26-20(25)24-9-8-15-16-11-14(22)6-7-17(16)23-18(15)19(24)12-4-3-5-13(21)10-12/h3-12,15,25,28H,13-14H2,1-2H3;3-8,13-14,22,26H,9-12H2,1-2H3;3-8,12,20,27H,2,9-11H2,1H3;2*3-7,10-11,19,23H,2,8-9H2,1H3. The van der Waals surface area contributed by atoms with Crippen LogP contribution in [0.2, 0.25) is 30.1 Å². The van der Waals surface area contributed by atoms with Gasteiger partial charge in [0.25, 0.3) is 0 Å². The van der Waals surface area contributed by atoms with E-state index in [-0.39, 0.29) is 67.6 Å². The number of benzene rings is 11. The SMILES string of the molecule is CC(C)c1ccc(C2c3[nH]c4ccc(Cl)cc4c3CCN2C(=O)OCCCl)cc1.CCCOC(=O)N1CCc2c([nH]c3ccc(Cl)cc23)C1c1ccc(C(F)(F)F)cc1.CCOC(=O)N1CCc2c([nH]c3ccc(Br)cc23)C1c1cccc(Cl)c1.CCOC(=O)N1CCc2c([nH]c3ccc(Cl)cc23)C1c1cccc(Cl)c1.COc1ccc(C2c3[nH]c4ccc(Cl)cc4c3CCN2C(=O)Oc2ccc(C)cc2)cc1. The Labute approximate surface area is 868 Å². The minimum Gasteiger partial charge on any atom is -0.497 e. The molecular weight excluding hydrogens is 2030 g/mol. The van der Waals surface area contributed by atoms with Gasteiger partial charge in [-0.2, -0.15) is 13.2 Å². The number of hydrogen-bond donors (Lipinski definition) is 5. The van der Waals surface area contributed by atoms with Crippen LogP contribution in [0.3, 0.4) is 0 Å². The summed E-state index contributed by atoms with van der Waals surface area (Å²) in [6.45, 7) is 15.7. The number of nitrogens with zero attached hydrogens (tertiary/aromatic N) is 5. The van der Waals surface area contributed by atoms with Crippen LogP contribution in [0, 0.1) is 6.92 Å². The zero-order valence-electron chi connectivity index (χ0n) is 79.2. The smallest absolute Gasteiger partial charge is 0.416 e. The van der Waals surface area contributed by atoms with Crippen molar-refractivity contribution in [1.29, 1.82) is 0 Å². The van der Waals surface area contributed by atoms with E-state index in [1.54, 1.807) is 37.7 Å². The number of H-pyrrole nitrogens is 5. The van der Waals surface area contributed by atoms with Gasteiger partial charge in [0.05, 0.1) is 38.4 Å². The molecule has 0 spiro atoms. The number of carbonyl (C=O) groups is 5. The van der Waals surface area contributed by atoms with Crippen LogP contribution in [0.5, 0.6) is 11.5 Å². The lowest BCUT2D eigenvalue weighted by Crippen LogP contribution is -2.42. The number of amides is 5. The Balaban J connectivity index is 0.000000123. The van der Waals surface area contributed by atoms with Crippen LogP contribution in [-0.4, -0.2) is 152 Å². The van der Waals surface area contributed by atoms with Crippen molar-refractivity contribution in [3.8, 4) is 11.5 Å². The Bertz CT molecular complexity index is 7200. The number of ether oxygens (including phenoxy) is 6. The number of hydrogen-bond acceptors (Lipinski definition) is 11. The zero-order chi connectivity index (χ0) is 101. The Morgan fingerprint density at radius 2 is 0.692 bits per heavy atom. The van der Waals surface area contributed by atoms with Crippen LogP contribution in [0.15, 0.2) is 241 Å². The van der Waals surface area contributed by atoms with Crippen molar-refractivity contribution in [2.75, 3.05) is 72.1 Å². The molecule has 5 aliphatic rings. The third-order valence-electron chi connectivity index (χ3n) is 26.3. The van der Waals surface area contributed by atoms with Crippen molar-refractivity contribution in [3.63, 3.8) is 0 Å². The van der Waals surface area contributed by atoms with Gasteiger partial charge in [0.1, 0.15) is 48.3 Å². The minimum atomic E-state index is -4.42. The lowest BCUT2D eigenvalue weighted by molar-refractivity contribution is -0.137. The highest BCUT2D eigenvalue weighted by atomic mass is 79.9. The first-order chi connectivity index (χ1) is 69.0. The molecule has 21 nitrogen and oxygen atoms in total. The van der Waals surface area contributed by atoms with Gasteiger partial charge in [-0.05, 0) is 278 Å². The number of rotatable bonds is 14. The topological polar surface area (TPSA) is 236 Å². The van der Waals surface area contributed by atoms with E-state index in [9.17, 15) is 37.1 Å². The Morgan fingerprint density at radius 3 is 1.03 bits per heavy atom. The van der Waals surface area contributed by atoms with Crippen molar-refractivity contribution in [1.82, 2.24) is 49.4 Å². The summed E-state index contributed by atoms with van der Waals surface area (Å²) in [5.74, 6) is 2.03. The quantitative estimate of drug-likeness (QED) is 0.0507. The summed E-state index contributed by atoms with van der Waals surface area (Å²) in [5, 5.41) is 9.44. The fraction of sp³-hybridized carbons (Fsp3) is 0.270. The number of alkyl halides is 4. The van der Waals surface area contributed by atoms with Gasteiger partial charge in [-0.1, -0.05) is 197 Å². The van der Waals surface area contributed by atoms with Crippen LogP contribution in [0.1, 0.15) is 178 Å². The van der Waals surface area contributed by atoms with Crippen LogP contribution < -0.4 is 9.47 Å². The second-order valence-corrected chi connectivity index (χ2v) is 39.5. The molecule has 0 fully saturated rings. The van der Waals surface area contributed by atoms with Crippen molar-refractivity contribution < 1.29 is 65.6 Å². The van der Waals surface area contributed by atoms with Gasteiger partial charge in [0.2, 0.25) is 0 Å². The number of fused-ring (bicyclic) bond motifs is 15. The fourth-order valence-electron chi connectivity index (χ4n) is 19.7. The molecule has 0 radical (unpaired) electrons. The second kappa shape index (κ2) is 44.8.